The summed E-state index contributed by atoms with van der Waals surface area (Å²) in [5, 5.41) is 18.8. The first-order chi connectivity index (χ1) is 17.3. The molecule has 2 aliphatic rings. The molecule has 2 aliphatic heterocycles. The quantitative estimate of drug-likeness (QED) is 0.240. The van der Waals surface area contributed by atoms with Crippen molar-refractivity contribution in [2.75, 3.05) is 0 Å². The monoisotopic (exact) mass is 566 g/mol. The maximum Gasteiger partial charge on any atom is 0.309 e. The smallest absolute Gasteiger partial charge is 0.309 e. The average molecular weight is 567 g/mol. The Labute approximate surface area is 233 Å². The molecule has 0 spiro atoms. The summed E-state index contributed by atoms with van der Waals surface area (Å²) in [5.74, 6) is -1.65. The van der Waals surface area contributed by atoms with Crippen molar-refractivity contribution >= 4 is 33.5 Å². The number of rotatable bonds is 13. The fourth-order valence-corrected chi connectivity index (χ4v) is 8.37. The van der Waals surface area contributed by atoms with Gasteiger partial charge in [-0.25, -0.2) is 8.42 Å². The predicted octanol–water partition coefficient (Wildman–Crippen LogP) is 7.44. The molecule has 0 aromatic rings. The lowest BCUT2D eigenvalue weighted by molar-refractivity contribution is -0.148. The van der Waals surface area contributed by atoms with E-state index in [0.29, 0.717) is 51.4 Å². The maximum absolute atomic E-state index is 13.4. The van der Waals surface area contributed by atoms with Crippen molar-refractivity contribution < 1.29 is 28.2 Å². The standard InChI is InChI=1S/C30H46O6S2/c1-27(2)17-21(11-9-15-29(5,6)25(31)32)37(35)23(19-27)13-14-24-20-28(3,4)18-22(38(24)36)12-10-16-30(7,8)26(33)34/h17-20H,9-16H2,1-8H3,(H,31,32)(H,33,34). The minimum absolute atomic E-state index is 0.262. The van der Waals surface area contributed by atoms with Gasteiger partial charge in [0.2, 0.25) is 0 Å². The summed E-state index contributed by atoms with van der Waals surface area (Å²) in [4.78, 5) is 26.2. The number of carboxylic acids is 2. The van der Waals surface area contributed by atoms with E-state index in [1.807, 2.05) is 12.2 Å². The molecule has 38 heavy (non-hydrogen) atoms. The van der Waals surface area contributed by atoms with Crippen molar-refractivity contribution in [3.8, 4) is 0 Å². The highest BCUT2D eigenvalue weighted by Crippen LogP contribution is 2.40. The van der Waals surface area contributed by atoms with Crippen LogP contribution in [0.1, 0.15) is 107 Å². The molecule has 2 unspecified atom stereocenters. The second-order valence-electron chi connectivity index (χ2n) is 13.2. The van der Waals surface area contributed by atoms with E-state index < -0.39 is 44.4 Å². The molecule has 214 valence electrons. The largest absolute Gasteiger partial charge is 0.481 e. The van der Waals surface area contributed by atoms with Crippen molar-refractivity contribution in [3.05, 3.63) is 43.9 Å². The Kier molecular flexibility index (Phi) is 10.4. The zero-order chi connectivity index (χ0) is 29.1. The lowest BCUT2D eigenvalue weighted by atomic mass is 9.86. The Morgan fingerprint density at radius 1 is 0.632 bits per heavy atom. The first-order valence-electron chi connectivity index (χ1n) is 13.4. The summed E-state index contributed by atoms with van der Waals surface area (Å²) in [6.45, 7) is 15.2. The molecule has 0 aromatic heterocycles. The molecule has 6 nitrogen and oxygen atoms in total. The topological polar surface area (TPSA) is 109 Å². The molecule has 0 radical (unpaired) electrons. The van der Waals surface area contributed by atoms with Gasteiger partial charge in [0.05, 0.1) is 32.4 Å². The van der Waals surface area contributed by atoms with Gasteiger partial charge in [0, 0.05) is 30.5 Å². The molecule has 0 saturated carbocycles. The third-order valence-electron chi connectivity index (χ3n) is 7.31. The first kappa shape index (κ1) is 32.4. The summed E-state index contributed by atoms with van der Waals surface area (Å²) in [6, 6.07) is 0. The molecule has 2 rings (SSSR count). The Morgan fingerprint density at radius 3 is 1.16 bits per heavy atom. The van der Waals surface area contributed by atoms with Gasteiger partial charge in [0.15, 0.2) is 0 Å². The lowest BCUT2D eigenvalue weighted by Crippen LogP contribution is -2.23. The number of carbonyl (C=O) groups is 2. The number of aliphatic carboxylic acids is 2. The molecule has 2 atom stereocenters. The van der Waals surface area contributed by atoms with Gasteiger partial charge in [-0.2, -0.15) is 0 Å². The third-order valence-corrected chi connectivity index (χ3v) is 10.5. The average Bonchev–Trinajstić information content (AvgIpc) is 2.76. The molecule has 0 saturated heterocycles. The second-order valence-corrected chi connectivity index (χ2v) is 16.4. The van der Waals surface area contributed by atoms with Crippen LogP contribution in [-0.2, 0) is 31.2 Å². The first-order valence-corrected chi connectivity index (χ1v) is 15.7. The van der Waals surface area contributed by atoms with Gasteiger partial charge in [-0.1, -0.05) is 52.0 Å². The summed E-state index contributed by atoms with van der Waals surface area (Å²) in [5.41, 5.74) is -2.15. The second kappa shape index (κ2) is 12.2. The highest BCUT2D eigenvalue weighted by Gasteiger charge is 2.31. The highest BCUT2D eigenvalue weighted by molar-refractivity contribution is 7.93. The number of allylic oxidation sites excluding steroid dienone is 8. The van der Waals surface area contributed by atoms with Crippen LogP contribution >= 0.6 is 0 Å². The van der Waals surface area contributed by atoms with Crippen LogP contribution < -0.4 is 0 Å². The van der Waals surface area contributed by atoms with Crippen molar-refractivity contribution in [1.29, 1.82) is 0 Å². The normalized spacial score (nSPS) is 23.2. The van der Waals surface area contributed by atoms with E-state index in [0.717, 1.165) is 19.6 Å². The molecular formula is C30H46O6S2. The highest BCUT2D eigenvalue weighted by atomic mass is 32.2. The predicted molar refractivity (Wildman–Crippen MR) is 156 cm³/mol. The molecular weight excluding hydrogens is 520 g/mol. The van der Waals surface area contributed by atoms with Gasteiger partial charge in [-0.15, -0.1) is 0 Å². The van der Waals surface area contributed by atoms with Gasteiger partial charge in [0.25, 0.3) is 0 Å². The van der Waals surface area contributed by atoms with Crippen LogP contribution in [-0.4, -0.2) is 30.6 Å². The summed E-state index contributed by atoms with van der Waals surface area (Å²) < 4.78 is 26.9. The van der Waals surface area contributed by atoms with Crippen LogP contribution in [0.15, 0.2) is 43.9 Å². The van der Waals surface area contributed by atoms with Gasteiger partial charge < -0.3 is 10.2 Å². The number of hydrogen-bond donors (Lipinski definition) is 2. The van der Waals surface area contributed by atoms with Crippen LogP contribution in [0, 0.1) is 21.7 Å². The number of hydrogen-bond acceptors (Lipinski definition) is 4. The summed E-state index contributed by atoms with van der Waals surface area (Å²) >= 11 is 0. The maximum atomic E-state index is 13.4. The third kappa shape index (κ3) is 8.87. The Balaban J connectivity index is 2.07. The van der Waals surface area contributed by atoms with Crippen molar-refractivity contribution in [1.82, 2.24) is 0 Å². The lowest BCUT2D eigenvalue weighted by Gasteiger charge is -2.28. The zero-order valence-corrected chi connectivity index (χ0v) is 25.9. The zero-order valence-electron chi connectivity index (χ0n) is 24.3. The van der Waals surface area contributed by atoms with Gasteiger partial charge in [0.1, 0.15) is 0 Å². The Bertz CT molecular complexity index is 1030. The Hall–Kier alpha value is -1.80. The molecule has 2 heterocycles. The van der Waals surface area contributed by atoms with Gasteiger partial charge >= 0.3 is 11.9 Å². The minimum Gasteiger partial charge on any atom is -0.481 e. The van der Waals surface area contributed by atoms with Gasteiger partial charge in [-0.05, 0) is 79.1 Å². The molecule has 2 N–H and O–H groups in total. The van der Waals surface area contributed by atoms with Crippen LogP contribution in [0.4, 0.5) is 0 Å². The molecule has 0 aliphatic carbocycles. The van der Waals surface area contributed by atoms with E-state index in [1.165, 1.54) is 0 Å². The van der Waals surface area contributed by atoms with Crippen molar-refractivity contribution in [3.63, 3.8) is 0 Å². The minimum atomic E-state index is -1.29. The van der Waals surface area contributed by atoms with E-state index in [2.05, 4.69) is 39.8 Å². The fourth-order valence-electron chi connectivity index (χ4n) is 4.82. The van der Waals surface area contributed by atoms with Crippen LogP contribution in [0.3, 0.4) is 0 Å². The molecule has 0 amide bonds. The molecule has 0 aromatic carbocycles. The van der Waals surface area contributed by atoms with E-state index in [4.69, 9.17) is 0 Å². The fraction of sp³-hybridized carbons (Fsp3) is 0.667. The van der Waals surface area contributed by atoms with Crippen LogP contribution in [0.25, 0.3) is 0 Å². The Morgan fingerprint density at radius 2 is 0.895 bits per heavy atom. The van der Waals surface area contributed by atoms with E-state index in [9.17, 15) is 28.2 Å². The van der Waals surface area contributed by atoms with E-state index in [1.54, 1.807) is 27.7 Å². The summed E-state index contributed by atoms with van der Waals surface area (Å²) in [7, 11) is -2.57. The SMILES string of the molecule is CC1(C)C=C(CCCC(C)(C)C(=O)O)S(=O)C(CCC2=CC(C)(C)C=C(CCCC(C)(C)C(=O)O)S2=O)=C1. The summed E-state index contributed by atoms with van der Waals surface area (Å²) in [6.07, 6.45) is 12.8. The van der Waals surface area contributed by atoms with Crippen molar-refractivity contribution in [2.45, 2.75) is 107 Å². The van der Waals surface area contributed by atoms with E-state index >= 15 is 0 Å². The van der Waals surface area contributed by atoms with E-state index in [-0.39, 0.29) is 10.8 Å². The molecule has 0 bridgehead atoms. The molecule has 8 heteroatoms. The number of carboxylic acid groups (broad SMARTS) is 2. The van der Waals surface area contributed by atoms with Crippen molar-refractivity contribution in [2.24, 2.45) is 21.7 Å². The molecule has 0 fully saturated rings. The van der Waals surface area contributed by atoms with Crippen LogP contribution in [0.5, 0.6) is 0 Å². The van der Waals surface area contributed by atoms with Crippen LogP contribution in [0.2, 0.25) is 0 Å². The van der Waals surface area contributed by atoms with Gasteiger partial charge in [-0.3, -0.25) is 9.59 Å².